The van der Waals surface area contributed by atoms with Crippen LogP contribution >= 0.6 is 11.3 Å². The molecule has 1 aliphatic carbocycles. The molecule has 0 nitrogen and oxygen atoms in total. The van der Waals surface area contributed by atoms with Gasteiger partial charge in [0.2, 0.25) is 0 Å². The van der Waals surface area contributed by atoms with Crippen molar-refractivity contribution >= 4 is 74.6 Å². The third-order valence-corrected chi connectivity index (χ3v) is 13.8. The fourth-order valence-electron chi connectivity index (χ4n) is 10.0. The molecule has 0 amide bonds. The van der Waals surface area contributed by atoms with Gasteiger partial charge in [0.05, 0.1) is 0 Å². The van der Waals surface area contributed by atoms with Gasteiger partial charge in [-0.05, 0) is 123 Å². The van der Waals surface area contributed by atoms with Gasteiger partial charge in [-0.2, -0.15) is 0 Å². The lowest BCUT2D eigenvalue weighted by Crippen LogP contribution is -2.15. The fraction of sp³-hybridized carbons (Fsp3) is 0.0545. The summed E-state index contributed by atoms with van der Waals surface area (Å²) < 4.78 is 2.79. The van der Waals surface area contributed by atoms with E-state index in [9.17, 15) is 0 Å². The summed E-state index contributed by atoms with van der Waals surface area (Å²) in [7, 11) is 0. The van der Waals surface area contributed by atoms with E-state index in [4.69, 9.17) is 0 Å². The van der Waals surface area contributed by atoms with Crippen molar-refractivity contribution in [3.05, 3.63) is 193 Å². The Kier molecular flexibility index (Phi) is 6.66. The summed E-state index contributed by atoms with van der Waals surface area (Å²) in [5.74, 6) is 0. The summed E-state index contributed by atoms with van der Waals surface area (Å²) in [6, 6.07) is 68.0. The van der Waals surface area contributed by atoms with E-state index in [0.29, 0.717) is 0 Å². The predicted octanol–water partition coefficient (Wildman–Crippen LogP) is 16.0. The highest BCUT2D eigenvalue weighted by molar-refractivity contribution is 7.26. The number of hydrogen-bond acceptors (Lipinski definition) is 1. The van der Waals surface area contributed by atoms with Crippen molar-refractivity contribution in [3.63, 3.8) is 0 Å². The molecule has 0 N–H and O–H groups in total. The topological polar surface area (TPSA) is 0 Å². The van der Waals surface area contributed by atoms with E-state index >= 15 is 0 Å². The van der Waals surface area contributed by atoms with Crippen LogP contribution in [0.1, 0.15) is 25.0 Å². The van der Waals surface area contributed by atoms with Crippen molar-refractivity contribution in [2.75, 3.05) is 0 Å². The summed E-state index contributed by atoms with van der Waals surface area (Å²) in [6.45, 7) is 4.82. The predicted molar refractivity (Wildman–Crippen MR) is 243 cm³/mol. The molecule has 56 heavy (non-hydrogen) atoms. The van der Waals surface area contributed by atoms with E-state index in [1.807, 2.05) is 11.3 Å². The Bertz CT molecular complexity index is 3380. The maximum Gasteiger partial charge on any atom is 0.0402 e. The highest BCUT2D eigenvalue weighted by Crippen LogP contribution is 2.55. The molecule has 10 aromatic carbocycles. The molecule has 0 radical (unpaired) electrons. The van der Waals surface area contributed by atoms with Gasteiger partial charge in [0.15, 0.2) is 0 Å². The van der Waals surface area contributed by atoms with E-state index in [1.165, 1.54) is 119 Å². The van der Waals surface area contributed by atoms with Crippen molar-refractivity contribution in [2.45, 2.75) is 19.3 Å². The van der Waals surface area contributed by atoms with Crippen molar-refractivity contribution in [2.24, 2.45) is 0 Å². The van der Waals surface area contributed by atoms with Gasteiger partial charge in [-0.25, -0.2) is 0 Å². The minimum Gasteiger partial charge on any atom is -0.135 e. The van der Waals surface area contributed by atoms with Crippen LogP contribution in [0, 0.1) is 0 Å². The highest BCUT2D eigenvalue weighted by atomic mass is 32.1. The SMILES string of the molecule is CC1(C)c2ccc(-c3ccc4cc(-c5c6ccccc6c(-c6ccccc6)c6ccccc56)ccc4c3)cc2-c2ccc3c(sc4ccc5ccccc5c43)c21. The first-order chi connectivity index (χ1) is 27.5. The number of benzene rings is 10. The molecule has 0 fully saturated rings. The van der Waals surface area contributed by atoms with Gasteiger partial charge < -0.3 is 0 Å². The van der Waals surface area contributed by atoms with Gasteiger partial charge in [0.1, 0.15) is 0 Å². The van der Waals surface area contributed by atoms with Gasteiger partial charge >= 0.3 is 0 Å². The molecule has 1 aliphatic rings. The maximum atomic E-state index is 2.44. The molecule has 1 heterocycles. The summed E-state index contributed by atoms with van der Waals surface area (Å²) in [5, 5.41) is 13.0. The van der Waals surface area contributed by atoms with Crippen molar-refractivity contribution in [1.29, 1.82) is 0 Å². The first-order valence-electron chi connectivity index (χ1n) is 19.6. The number of hydrogen-bond donors (Lipinski definition) is 0. The molecule has 0 spiro atoms. The molecule has 1 aromatic heterocycles. The Morgan fingerprint density at radius 2 is 0.929 bits per heavy atom. The molecule has 0 unspecified atom stereocenters. The minimum atomic E-state index is -0.0905. The van der Waals surface area contributed by atoms with Gasteiger partial charge in [-0.3, -0.25) is 0 Å². The van der Waals surface area contributed by atoms with E-state index in [2.05, 4.69) is 196 Å². The Morgan fingerprint density at radius 1 is 0.375 bits per heavy atom. The molecule has 11 aromatic rings. The van der Waals surface area contributed by atoms with E-state index in [-0.39, 0.29) is 5.41 Å². The van der Waals surface area contributed by atoms with Crippen LogP contribution in [0.4, 0.5) is 0 Å². The Morgan fingerprint density at radius 3 is 1.64 bits per heavy atom. The lowest BCUT2D eigenvalue weighted by atomic mass is 9.81. The van der Waals surface area contributed by atoms with E-state index in [1.54, 1.807) is 0 Å². The summed E-state index contributed by atoms with van der Waals surface area (Å²) in [4.78, 5) is 0. The summed E-state index contributed by atoms with van der Waals surface area (Å²) >= 11 is 1.96. The fourth-order valence-corrected chi connectivity index (χ4v) is 11.4. The van der Waals surface area contributed by atoms with Crippen LogP contribution in [0.5, 0.6) is 0 Å². The molecule has 262 valence electrons. The zero-order valence-electron chi connectivity index (χ0n) is 31.2. The normalized spacial score (nSPS) is 13.3. The smallest absolute Gasteiger partial charge is 0.0402 e. The first kappa shape index (κ1) is 31.8. The molecule has 0 aliphatic heterocycles. The number of rotatable bonds is 3. The molecule has 12 rings (SSSR count). The van der Waals surface area contributed by atoms with Gasteiger partial charge in [-0.1, -0.05) is 172 Å². The molecule has 0 atom stereocenters. The average molecular weight is 729 g/mol. The lowest BCUT2D eigenvalue weighted by Gasteiger charge is -2.22. The van der Waals surface area contributed by atoms with Gasteiger partial charge in [0, 0.05) is 25.6 Å². The Balaban J connectivity index is 0.975. The third kappa shape index (κ3) is 4.47. The zero-order chi connectivity index (χ0) is 37.1. The van der Waals surface area contributed by atoms with Crippen LogP contribution in [-0.4, -0.2) is 0 Å². The van der Waals surface area contributed by atoms with Gasteiger partial charge in [0.25, 0.3) is 0 Å². The van der Waals surface area contributed by atoms with Crippen molar-refractivity contribution in [1.82, 2.24) is 0 Å². The first-order valence-corrected chi connectivity index (χ1v) is 20.4. The highest BCUT2D eigenvalue weighted by Gasteiger charge is 2.38. The maximum absolute atomic E-state index is 2.44. The molecular weight excluding hydrogens is 693 g/mol. The third-order valence-electron chi connectivity index (χ3n) is 12.6. The van der Waals surface area contributed by atoms with Crippen LogP contribution in [0.3, 0.4) is 0 Å². The molecule has 1 heteroatoms. The summed E-state index contributed by atoms with van der Waals surface area (Å²) in [5.41, 5.74) is 13.1. The van der Waals surface area contributed by atoms with Crippen molar-refractivity contribution in [3.8, 4) is 44.5 Å². The monoisotopic (exact) mass is 728 g/mol. The lowest BCUT2D eigenvalue weighted by molar-refractivity contribution is 0.667. The molecule has 0 saturated carbocycles. The molecule has 0 saturated heterocycles. The minimum absolute atomic E-state index is 0.0905. The Labute approximate surface area is 329 Å². The number of fused-ring (bicyclic) bond motifs is 12. The van der Waals surface area contributed by atoms with E-state index in [0.717, 1.165) is 0 Å². The standard InChI is InChI=1S/C55H36S/c1-55(2)48-28-24-38(32-47(48)45-26-27-46-52-40-15-7-6-12-33(40)25-29-49(52)56-54(46)53(45)55)36-20-21-37-31-39(23-22-35(37)30-36)51-43-18-10-8-16-41(43)50(34-13-4-3-5-14-34)42-17-9-11-19-44(42)51/h3-32H,1-2H3. The van der Waals surface area contributed by atoms with Crippen molar-refractivity contribution < 1.29 is 0 Å². The largest absolute Gasteiger partial charge is 0.135 e. The van der Waals surface area contributed by atoms with Gasteiger partial charge in [-0.15, -0.1) is 11.3 Å². The second-order valence-electron chi connectivity index (χ2n) is 16.0. The second-order valence-corrected chi connectivity index (χ2v) is 17.0. The van der Waals surface area contributed by atoms with Crippen LogP contribution in [0.25, 0.3) is 108 Å². The molecule has 0 bridgehead atoms. The molecular formula is C55H36S. The zero-order valence-corrected chi connectivity index (χ0v) is 32.0. The van der Waals surface area contributed by atoms with Crippen LogP contribution in [-0.2, 0) is 5.41 Å². The Hall–Kier alpha value is -6.54. The average Bonchev–Trinajstić information content (AvgIpc) is 3.74. The quantitative estimate of drug-likeness (QED) is 0.159. The van der Waals surface area contributed by atoms with Crippen LogP contribution in [0.15, 0.2) is 182 Å². The van der Waals surface area contributed by atoms with E-state index < -0.39 is 0 Å². The van der Waals surface area contributed by atoms with Crippen LogP contribution in [0.2, 0.25) is 0 Å². The summed E-state index contributed by atoms with van der Waals surface area (Å²) in [6.07, 6.45) is 0. The second kappa shape index (κ2) is 11.7. The van der Waals surface area contributed by atoms with Crippen LogP contribution < -0.4 is 0 Å². The number of thiophene rings is 1.